The van der Waals surface area contributed by atoms with E-state index >= 15 is 0 Å². The lowest BCUT2D eigenvalue weighted by Crippen LogP contribution is -2.12. The van der Waals surface area contributed by atoms with Crippen molar-refractivity contribution in [2.75, 3.05) is 5.32 Å². The highest BCUT2D eigenvalue weighted by atomic mass is 35.5. The Morgan fingerprint density at radius 1 is 1.19 bits per heavy atom. The lowest BCUT2D eigenvalue weighted by atomic mass is 10.3. The summed E-state index contributed by atoms with van der Waals surface area (Å²) in [4.78, 5) is 16.9. The van der Waals surface area contributed by atoms with Crippen molar-refractivity contribution in [3.63, 3.8) is 0 Å². The summed E-state index contributed by atoms with van der Waals surface area (Å²) in [5, 5.41) is 18.2. The van der Waals surface area contributed by atoms with Crippen LogP contribution in [0.2, 0.25) is 5.02 Å². The molecule has 31 heavy (non-hydrogen) atoms. The fraction of sp³-hybridized carbons (Fsp3) is 0.0588. The van der Waals surface area contributed by atoms with Gasteiger partial charge in [-0.1, -0.05) is 39.9 Å². The normalized spacial score (nSPS) is 11.5. The fourth-order valence-corrected chi connectivity index (χ4v) is 4.06. The zero-order valence-corrected chi connectivity index (χ0v) is 17.4. The maximum atomic E-state index is 12.6. The van der Waals surface area contributed by atoms with Crippen molar-refractivity contribution in [3.05, 3.63) is 64.5 Å². The average molecular weight is 484 g/mol. The summed E-state index contributed by atoms with van der Waals surface area (Å²) < 4.78 is 39.8. The van der Waals surface area contributed by atoms with Crippen molar-refractivity contribution < 1.29 is 18.0 Å². The predicted molar refractivity (Wildman–Crippen MR) is 108 cm³/mol. The first-order chi connectivity index (χ1) is 14.8. The largest absolute Gasteiger partial charge is 0.417 e. The van der Waals surface area contributed by atoms with Gasteiger partial charge in [0.25, 0.3) is 5.91 Å². The second-order valence-electron chi connectivity index (χ2n) is 5.86. The van der Waals surface area contributed by atoms with Crippen LogP contribution < -0.4 is 5.32 Å². The summed E-state index contributed by atoms with van der Waals surface area (Å²) in [6.45, 7) is 0. The molecule has 8 nitrogen and oxygen atoms in total. The third-order valence-electron chi connectivity index (χ3n) is 3.76. The van der Waals surface area contributed by atoms with Gasteiger partial charge < -0.3 is 5.32 Å². The summed E-state index contributed by atoms with van der Waals surface area (Å²) in [5.74, 6) is -0.487. The van der Waals surface area contributed by atoms with Gasteiger partial charge in [-0.2, -0.15) is 13.2 Å². The van der Waals surface area contributed by atoms with E-state index < -0.39 is 17.6 Å². The quantitative estimate of drug-likeness (QED) is 0.443. The molecular formula is C17H9ClF3N7OS2. The zero-order valence-electron chi connectivity index (χ0n) is 15.0. The number of amides is 1. The number of hydrogen-bond acceptors (Lipinski definition) is 8. The molecule has 0 aliphatic carbocycles. The molecule has 0 atom stereocenters. The average Bonchev–Trinajstić information content (AvgIpc) is 3.42. The smallest absolute Gasteiger partial charge is 0.320 e. The standard InChI is InChI=1S/C17H9ClF3N7OS2/c18-11-5-10(2-3-13(11)31-16-26-23-8-30-16)24-15(29)12-7-28(27-25-12)14-4-1-9(6-22-14)17(19,20)21/h1-8H,(H,24,29). The van der Waals surface area contributed by atoms with E-state index in [4.69, 9.17) is 11.6 Å². The summed E-state index contributed by atoms with van der Waals surface area (Å²) in [6, 6.07) is 6.97. The molecule has 0 aliphatic heterocycles. The number of halogens is 4. The number of benzene rings is 1. The molecule has 1 aromatic carbocycles. The summed E-state index contributed by atoms with van der Waals surface area (Å²) in [7, 11) is 0. The summed E-state index contributed by atoms with van der Waals surface area (Å²) in [5.41, 5.74) is 1.10. The van der Waals surface area contributed by atoms with Crippen LogP contribution in [0.25, 0.3) is 5.82 Å². The van der Waals surface area contributed by atoms with Crippen molar-refractivity contribution in [3.8, 4) is 5.82 Å². The molecule has 1 N–H and O–H groups in total. The van der Waals surface area contributed by atoms with E-state index in [9.17, 15) is 18.0 Å². The van der Waals surface area contributed by atoms with Gasteiger partial charge in [-0.3, -0.25) is 4.79 Å². The Morgan fingerprint density at radius 2 is 2.03 bits per heavy atom. The second-order valence-corrected chi connectivity index (χ2v) is 8.39. The lowest BCUT2D eigenvalue weighted by Gasteiger charge is -2.06. The molecule has 3 heterocycles. The minimum Gasteiger partial charge on any atom is -0.320 e. The number of anilines is 1. The molecule has 0 saturated heterocycles. The van der Waals surface area contributed by atoms with Gasteiger partial charge in [-0.15, -0.1) is 15.3 Å². The molecule has 158 valence electrons. The van der Waals surface area contributed by atoms with Crippen LogP contribution in [0.1, 0.15) is 16.1 Å². The molecule has 3 aromatic heterocycles. The first-order valence-electron chi connectivity index (χ1n) is 8.30. The van der Waals surface area contributed by atoms with Crippen molar-refractivity contribution in [1.82, 2.24) is 30.2 Å². The number of aromatic nitrogens is 6. The van der Waals surface area contributed by atoms with E-state index in [0.717, 1.165) is 26.0 Å². The molecule has 0 unspecified atom stereocenters. The van der Waals surface area contributed by atoms with Crippen LogP contribution in [-0.2, 0) is 6.18 Å². The van der Waals surface area contributed by atoms with Gasteiger partial charge in [0.15, 0.2) is 15.9 Å². The Labute approximate surface area is 185 Å². The molecular weight excluding hydrogens is 475 g/mol. The Hall–Kier alpha value is -3.03. The number of nitrogens with one attached hydrogen (secondary N) is 1. The maximum Gasteiger partial charge on any atom is 0.417 e. The van der Waals surface area contributed by atoms with Gasteiger partial charge >= 0.3 is 6.18 Å². The van der Waals surface area contributed by atoms with Gasteiger partial charge in [0.1, 0.15) is 5.51 Å². The lowest BCUT2D eigenvalue weighted by molar-refractivity contribution is -0.137. The van der Waals surface area contributed by atoms with Gasteiger partial charge in [-0.05, 0) is 30.3 Å². The van der Waals surface area contributed by atoms with Crippen LogP contribution in [0, 0.1) is 0 Å². The number of rotatable bonds is 5. The number of hydrogen-bond donors (Lipinski definition) is 1. The third kappa shape index (κ3) is 5.00. The molecule has 0 spiro atoms. The first kappa shape index (κ1) is 21.2. The van der Waals surface area contributed by atoms with E-state index in [1.54, 1.807) is 23.7 Å². The van der Waals surface area contributed by atoms with Crippen LogP contribution >= 0.6 is 34.7 Å². The molecule has 1 amide bonds. The zero-order chi connectivity index (χ0) is 22.0. The van der Waals surface area contributed by atoms with E-state index in [2.05, 4.69) is 30.8 Å². The SMILES string of the molecule is O=C(Nc1ccc(Sc2nncs2)c(Cl)c1)c1cn(-c2ccc(C(F)(F)F)cn2)nn1. The Morgan fingerprint density at radius 3 is 2.68 bits per heavy atom. The summed E-state index contributed by atoms with van der Waals surface area (Å²) >= 11 is 8.99. The van der Waals surface area contributed by atoms with Crippen LogP contribution in [-0.4, -0.2) is 36.1 Å². The van der Waals surface area contributed by atoms with Crippen LogP contribution in [0.5, 0.6) is 0 Å². The molecule has 0 saturated carbocycles. The first-order valence-corrected chi connectivity index (χ1v) is 10.4. The minimum absolute atomic E-state index is 0.0508. The van der Waals surface area contributed by atoms with E-state index in [-0.39, 0.29) is 11.5 Å². The highest BCUT2D eigenvalue weighted by molar-refractivity contribution is 8.01. The Bertz CT molecular complexity index is 1210. The highest BCUT2D eigenvalue weighted by Gasteiger charge is 2.30. The van der Waals surface area contributed by atoms with Crippen molar-refractivity contribution in [2.45, 2.75) is 15.4 Å². The van der Waals surface area contributed by atoms with Crippen molar-refractivity contribution in [2.24, 2.45) is 0 Å². The molecule has 0 radical (unpaired) electrons. The predicted octanol–water partition coefficient (Wildman–Crippen LogP) is 4.59. The van der Waals surface area contributed by atoms with Gasteiger partial charge in [0.2, 0.25) is 0 Å². The van der Waals surface area contributed by atoms with Gasteiger partial charge in [0.05, 0.1) is 16.8 Å². The Balaban J connectivity index is 1.45. The fourth-order valence-electron chi connectivity index (χ4n) is 2.33. The van der Waals surface area contributed by atoms with Crippen molar-refractivity contribution >= 4 is 46.3 Å². The number of nitrogens with zero attached hydrogens (tertiary/aromatic N) is 6. The minimum atomic E-state index is -4.49. The topological polar surface area (TPSA) is 98.5 Å². The molecule has 0 fully saturated rings. The van der Waals surface area contributed by atoms with Gasteiger partial charge in [-0.25, -0.2) is 9.67 Å². The van der Waals surface area contributed by atoms with E-state index in [1.165, 1.54) is 29.3 Å². The van der Waals surface area contributed by atoms with E-state index in [1.807, 2.05) is 0 Å². The van der Waals surface area contributed by atoms with Crippen LogP contribution in [0.4, 0.5) is 18.9 Å². The molecule has 14 heteroatoms. The van der Waals surface area contributed by atoms with E-state index in [0.29, 0.717) is 16.9 Å². The molecule has 0 aliphatic rings. The number of alkyl halides is 3. The number of carbonyl (C=O) groups excluding carboxylic acids is 1. The monoisotopic (exact) mass is 483 g/mol. The van der Waals surface area contributed by atoms with Gasteiger partial charge in [0, 0.05) is 16.8 Å². The second kappa shape index (κ2) is 8.61. The third-order valence-corrected chi connectivity index (χ3v) is 6.04. The molecule has 4 rings (SSSR count). The van der Waals surface area contributed by atoms with Crippen molar-refractivity contribution in [1.29, 1.82) is 0 Å². The van der Waals surface area contributed by atoms with Crippen LogP contribution in [0.3, 0.4) is 0 Å². The number of pyridine rings is 1. The maximum absolute atomic E-state index is 12.6. The molecule has 0 bridgehead atoms. The Kier molecular flexibility index (Phi) is 5.89. The highest BCUT2D eigenvalue weighted by Crippen LogP contribution is 2.35. The van der Waals surface area contributed by atoms with Crippen LogP contribution in [0.15, 0.2) is 57.5 Å². The summed E-state index contributed by atoms with van der Waals surface area (Å²) in [6.07, 6.45) is -2.56. The molecule has 4 aromatic rings. The number of carbonyl (C=O) groups is 1.